The van der Waals surface area contributed by atoms with Crippen LogP contribution in [0.5, 0.6) is 0 Å². The molecule has 0 aliphatic heterocycles. The molecule has 1 amide bonds. The molecular weight excluding hydrogens is 233 g/mol. The lowest BCUT2D eigenvalue weighted by Gasteiger charge is -2.19. The highest BCUT2D eigenvalue weighted by Gasteiger charge is 2.40. The van der Waals surface area contributed by atoms with E-state index in [9.17, 15) is 9.18 Å². The van der Waals surface area contributed by atoms with Crippen molar-refractivity contribution in [1.29, 1.82) is 0 Å². The number of hydrogen-bond acceptors (Lipinski definition) is 2. The first-order chi connectivity index (χ1) is 8.35. The number of carbonyl (C=O) groups excluding carboxylic acids is 1. The summed E-state index contributed by atoms with van der Waals surface area (Å²) in [6.07, 6.45) is 0.488. The van der Waals surface area contributed by atoms with Crippen LogP contribution in [0.4, 0.5) is 9.18 Å². The van der Waals surface area contributed by atoms with Crippen molar-refractivity contribution in [3.8, 4) is 0 Å². The Bertz CT molecular complexity index is 436. The van der Waals surface area contributed by atoms with Crippen LogP contribution < -0.4 is 5.32 Å². The number of hydrogen-bond donors (Lipinski definition) is 1. The van der Waals surface area contributed by atoms with Gasteiger partial charge in [-0.25, -0.2) is 9.18 Å². The molecule has 1 aliphatic carbocycles. The minimum atomic E-state index is -0.482. The standard InChI is InChI=1S/C14H18FNO2/c1-14(2,3)18-13(17)16-12-8-11(12)9-4-6-10(15)7-5-9/h4-7,11-12H,8H2,1-3H3,(H,16,17). The second kappa shape index (κ2) is 4.59. The van der Waals surface area contributed by atoms with Crippen LogP contribution in [-0.4, -0.2) is 17.7 Å². The zero-order valence-corrected chi connectivity index (χ0v) is 10.9. The average molecular weight is 251 g/mol. The summed E-state index contributed by atoms with van der Waals surface area (Å²) in [6, 6.07) is 6.51. The van der Waals surface area contributed by atoms with Crippen LogP contribution in [0.15, 0.2) is 24.3 Å². The molecule has 1 saturated carbocycles. The van der Waals surface area contributed by atoms with Gasteiger partial charge < -0.3 is 10.1 Å². The van der Waals surface area contributed by atoms with E-state index in [-0.39, 0.29) is 17.8 Å². The normalized spacial score (nSPS) is 22.4. The quantitative estimate of drug-likeness (QED) is 0.876. The molecule has 1 fully saturated rings. The van der Waals surface area contributed by atoms with Crippen molar-refractivity contribution in [2.24, 2.45) is 0 Å². The van der Waals surface area contributed by atoms with Crippen LogP contribution in [0.2, 0.25) is 0 Å². The highest BCUT2D eigenvalue weighted by molar-refractivity contribution is 5.69. The maximum Gasteiger partial charge on any atom is 0.407 e. The SMILES string of the molecule is CC(C)(C)OC(=O)NC1CC1c1ccc(F)cc1. The third-order valence-electron chi connectivity index (χ3n) is 2.79. The van der Waals surface area contributed by atoms with Crippen LogP contribution in [0, 0.1) is 5.82 Å². The van der Waals surface area contributed by atoms with Gasteiger partial charge in [-0.1, -0.05) is 12.1 Å². The van der Waals surface area contributed by atoms with Gasteiger partial charge >= 0.3 is 6.09 Å². The summed E-state index contributed by atoms with van der Waals surface area (Å²) >= 11 is 0. The average Bonchev–Trinajstić information content (AvgIpc) is 2.95. The fraction of sp³-hybridized carbons (Fsp3) is 0.500. The zero-order chi connectivity index (χ0) is 13.3. The van der Waals surface area contributed by atoms with Gasteiger partial charge in [0.2, 0.25) is 0 Å². The topological polar surface area (TPSA) is 38.3 Å². The maximum absolute atomic E-state index is 12.8. The van der Waals surface area contributed by atoms with E-state index in [0.717, 1.165) is 12.0 Å². The van der Waals surface area contributed by atoms with Crippen molar-refractivity contribution in [3.05, 3.63) is 35.6 Å². The Morgan fingerprint density at radius 1 is 1.33 bits per heavy atom. The van der Waals surface area contributed by atoms with Crippen molar-refractivity contribution in [1.82, 2.24) is 5.32 Å². The lowest BCUT2D eigenvalue weighted by atomic mass is 10.1. The Kier molecular flexibility index (Phi) is 3.28. The molecular formula is C14H18FNO2. The summed E-state index contributed by atoms with van der Waals surface area (Å²) in [4.78, 5) is 11.5. The van der Waals surface area contributed by atoms with Crippen LogP contribution in [-0.2, 0) is 4.74 Å². The Labute approximate surface area is 106 Å². The van der Waals surface area contributed by atoms with Gasteiger partial charge in [0.1, 0.15) is 11.4 Å². The maximum atomic E-state index is 12.8. The predicted octanol–water partition coefficient (Wildman–Crippen LogP) is 3.21. The van der Waals surface area contributed by atoms with Gasteiger partial charge in [-0.15, -0.1) is 0 Å². The fourth-order valence-electron chi connectivity index (χ4n) is 1.89. The predicted molar refractivity (Wildman–Crippen MR) is 66.9 cm³/mol. The van der Waals surface area contributed by atoms with E-state index in [4.69, 9.17) is 4.74 Å². The van der Waals surface area contributed by atoms with Gasteiger partial charge in [-0.2, -0.15) is 0 Å². The molecule has 1 aromatic rings. The molecule has 3 nitrogen and oxygen atoms in total. The summed E-state index contributed by atoms with van der Waals surface area (Å²) in [5, 5.41) is 2.82. The van der Waals surface area contributed by atoms with E-state index in [1.165, 1.54) is 12.1 Å². The summed E-state index contributed by atoms with van der Waals surface area (Å²) in [7, 11) is 0. The van der Waals surface area contributed by atoms with Crippen molar-refractivity contribution in [3.63, 3.8) is 0 Å². The fourth-order valence-corrected chi connectivity index (χ4v) is 1.89. The summed E-state index contributed by atoms with van der Waals surface area (Å²) < 4.78 is 18.0. The third kappa shape index (κ3) is 3.45. The van der Waals surface area contributed by atoms with Crippen LogP contribution in [0.1, 0.15) is 38.7 Å². The third-order valence-corrected chi connectivity index (χ3v) is 2.79. The molecule has 2 unspecified atom stereocenters. The number of amides is 1. The molecule has 1 N–H and O–H groups in total. The second-order valence-corrected chi connectivity index (χ2v) is 5.65. The van der Waals surface area contributed by atoms with E-state index in [1.807, 2.05) is 20.8 Å². The Morgan fingerprint density at radius 2 is 1.94 bits per heavy atom. The van der Waals surface area contributed by atoms with Crippen molar-refractivity contribution < 1.29 is 13.9 Å². The molecule has 2 rings (SSSR count). The monoisotopic (exact) mass is 251 g/mol. The highest BCUT2D eigenvalue weighted by atomic mass is 19.1. The van der Waals surface area contributed by atoms with Gasteiger partial charge in [-0.05, 0) is 44.9 Å². The van der Waals surface area contributed by atoms with E-state index in [0.29, 0.717) is 0 Å². The van der Waals surface area contributed by atoms with E-state index in [1.54, 1.807) is 12.1 Å². The molecule has 2 atom stereocenters. The van der Waals surface area contributed by atoms with Gasteiger partial charge in [0, 0.05) is 12.0 Å². The van der Waals surface area contributed by atoms with Crippen molar-refractivity contribution in [2.75, 3.05) is 0 Å². The first-order valence-electron chi connectivity index (χ1n) is 6.10. The largest absolute Gasteiger partial charge is 0.444 e. The molecule has 98 valence electrons. The number of benzene rings is 1. The molecule has 0 radical (unpaired) electrons. The van der Waals surface area contributed by atoms with E-state index in [2.05, 4.69) is 5.32 Å². The Hall–Kier alpha value is -1.58. The van der Waals surface area contributed by atoms with Gasteiger partial charge in [0.05, 0.1) is 0 Å². The minimum Gasteiger partial charge on any atom is -0.444 e. The van der Waals surface area contributed by atoms with E-state index < -0.39 is 11.7 Å². The molecule has 0 bridgehead atoms. The van der Waals surface area contributed by atoms with Crippen LogP contribution in [0.3, 0.4) is 0 Å². The number of nitrogens with one attached hydrogen (secondary N) is 1. The van der Waals surface area contributed by atoms with Crippen LogP contribution >= 0.6 is 0 Å². The molecule has 1 aliphatic rings. The first-order valence-corrected chi connectivity index (χ1v) is 6.10. The van der Waals surface area contributed by atoms with Gasteiger partial charge in [0.15, 0.2) is 0 Å². The molecule has 0 spiro atoms. The highest BCUT2D eigenvalue weighted by Crippen LogP contribution is 2.40. The minimum absolute atomic E-state index is 0.102. The van der Waals surface area contributed by atoms with Crippen molar-refractivity contribution in [2.45, 2.75) is 44.8 Å². The number of halogens is 1. The van der Waals surface area contributed by atoms with Gasteiger partial charge in [0.25, 0.3) is 0 Å². The Morgan fingerprint density at radius 3 is 2.50 bits per heavy atom. The number of carbonyl (C=O) groups is 1. The summed E-state index contributed by atoms with van der Waals surface area (Å²) in [6.45, 7) is 5.49. The number of rotatable bonds is 2. The molecule has 0 heterocycles. The first kappa shape index (κ1) is 12.9. The summed E-state index contributed by atoms with van der Waals surface area (Å²) in [5.41, 5.74) is 0.571. The molecule has 0 aromatic heterocycles. The zero-order valence-electron chi connectivity index (χ0n) is 10.9. The lowest BCUT2D eigenvalue weighted by molar-refractivity contribution is 0.0523. The Balaban J connectivity index is 1.85. The molecule has 0 saturated heterocycles. The van der Waals surface area contributed by atoms with Crippen molar-refractivity contribution >= 4 is 6.09 Å². The number of alkyl carbamates (subject to hydrolysis) is 1. The molecule has 4 heteroatoms. The van der Waals surface area contributed by atoms with E-state index >= 15 is 0 Å². The second-order valence-electron chi connectivity index (χ2n) is 5.65. The van der Waals surface area contributed by atoms with Crippen LogP contribution in [0.25, 0.3) is 0 Å². The summed E-state index contributed by atoms with van der Waals surface area (Å²) in [5.74, 6) is 0.0363. The molecule has 1 aromatic carbocycles. The number of ether oxygens (including phenoxy) is 1. The lowest BCUT2D eigenvalue weighted by Crippen LogP contribution is -2.34. The molecule has 18 heavy (non-hydrogen) atoms. The van der Waals surface area contributed by atoms with Gasteiger partial charge in [-0.3, -0.25) is 0 Å². The smallest absolute Gasteiger partial charge is 0.407 e.